The monoisotopic (exact) mass is 372 g/mol. The van der Waals surface area contributed by atoms with E-state index in [1.807, 2.05) is 19.9 Å². The molecule has 6 heteroatoms. The first-order valence-electron chi connectivity index (χ1n) is 8.16. The van der Waals surface area contributed by atoms with Crippen molar-refractivity contribution in [2.24, 2.45) is 0 Å². The molecule has 27 heavy (non-hydrogen) atoms. The molecule has 6 nitrogen and oxygen atoms in total. The van der Waals surface area contributed by atoms with Gasteiger partial charge >= 0.3 is 0 Å². The number of carbonyl (C=O) groups is 2. The summed E-state index contributed by atoms with van der Waals surface area (Å²) in [5, 5.41) is 18.9. The molecule has 0 bridgehead atoms. The van der Waals surface area contributed by atoms with Gasteiger partial charge in [-0.15, -0.1) is 0 Å². The third-order valence-corrected chi connectivity index (χ3v) is 3.60. The summed E-state index contributed by atoms with van der Waals surface area (Å²) >= 11 is 0. The predicted molar refractivity (Wildman–Crippen MR) is 103 cm³/mol. The molecule has 0 aliphatic rings. The van der Waals surface area contributed by atoms with Gasteiger partial charge in [0.05, 0.1) is 14.2 Å². The highest BCUT2D eigenvalue weighted by atomic mass is 16.5. The highest BCUT2D eigenvalue weighted by molar-refractivity contribution is 5.77. The van der Waals surface area contributed by atoms with Gasteiger partial charge in [0.15, 0.2) is 23.0 Å². The number of carbonyl (C=O) groups excluding carboxylic acids is 2. The minimum Gasteiger partial charge on any atom is -0.504 e. The van der Waals surface area contributed by atoms with E-state index in [4.69, 9.17) is 14.6 Å². The average molecular weight is 372 g/mol. The van der Waals surface area contributed by atoms with Crippen molar-refractivity contribution in [1.82, 2.24) is 0 Å². The summed E-state index contributed by atoms with van der Waals surface area (Å²) in [6.45, 7) is 3.97. The number of allylic oxidation sites excluding steroid dienone is 2. The first-order chi connectivity index (χ1) is 12.9. The van der Waals surface area contributed by atoms with Crippen LogP contribution in [-0.4, -0.2) is 37.0 Å². The van der Waals surface area contributed by atoms with Crippen LogP contribution in [-0.2, 0) is 6.42 Å². The largest absolute Gasteiger partial charge is 0.504 e. The van der Waals surface area contributed by atoms with Crippen LogP contribution in [0.2, 0.25) is 0 Å². The third kappa shape index (κ3) is 6.51. The molecule has 2 rings (SSSR count). The molecule has 0 spiro atoms. The van der Waals surface area contributed by atoms with Gasteiger partial charge in [-0.05, 0) is 50.6 Å². The molecule has 2 aromatic carbocycles. The number of methoxy groups -OCH3 is 2. The molecule has 0 saturated carbocycles. The van der Waals surface area contributed by atoms with Crippen molar-refractivity contribution in [3.05, 3.63) is 58.7 Å². The Kier molecular flexibility index (Phi) is 8.59. The second kappa shape index (κ2) is 10.7. The lowest BCUT2D eigenvalue weighted by Crippen LogP contribution is -1.92. The Bertz CT molecular complexity index is 820. The Hall–Kier alpha value is -3.28. The zero-order chi connectivity index (χ0) is 20.4. The molecule has 2 N–H and O–H groups in total. The Morgan fingerprint density at radius 1 is 0.926 bits per heavy atom. The number of phenols is 2. The SMILES string of the molecule is COc1cc(C=O)cc(CC=C(C)C)c1O.COc1cc(C=O)ccc1O. The van der Waals surface area contributed by atoms with E-state index in [0.29, 0.717) is 40.9 Å². The van der Waals surface area contributed by atoms with Gasteiger partial charge in [0.25, 0.3) is 0 Å². The fourth-order valence-electron chi connectivity index (χ4n) is 2.15. The first-order valence-corrected chi connectivity index (χ1v) is 8.16. The maximum atomic E-state index is 10.7. The smallest absolute Gasteiger partial charge is 0.161 e. The molecule has 0 amide bonds. The van der Waals surface area contributed by atoms with Gasteiger partial charge in [0.2, 0.25) is 0 Å². The Balaban J connectivity index is 0.000000289. The lowest BCUT2D eigenvalue weighted by molar-refractivity contribution is 0.111. The van der Waals surface area contributed by atoms with Crippen LogP contribution in [0.25, 0.3) is 0 Å². The zero-order valence-corrected chi connectivity index (χ0v) is 15.9. The Labute approximate surface area is 158 Å². The molecule has 0 atom stereocenters. The number of hydrogen-bond donors (Lipinski definition) is 2. The second-order valence-corrected chi connectivity index (χ2v) is 5.88. The Morgan fingerprint density at radius 2 is 1.52 bits per heavy atom. The number of aromatic hydroxyl groups is 2. The van der Waals surface area contributed by atoms with Crippen molar-refractivity contribution in [1.29, 1.82) is 0 Å². The topological polar surface area (TPSA) is 93.1 Å². The van der Waals surface area contributed by atoms with E-state index in [9.17, 15) is 14.7 Å². The number of ether oxygens (including phenoxy) is 2. The van der Waals surface area contributed by atoms with Crippen molar-refractivity contribution in [3.63, 3.8) is 0 Å². The average Bonchev–Trinajstić information content (AvgIpc) is 2.68. The number of benzene rings is 2. The van der Waals surface area contributed by atoms with Gasteiger partial charge in [-0.3, -0.25) is 9.59 Å². The summed E-state index contributed by atoms with van der Waals surface area (Å²) < 4.78 is 9.78. The van der Waals surface area contributed by atoms with Crippen LogP contribution in [0.1, 0.15) is 40.1 Å². The van der Waals surface area contributed by atoms with Crippen LogP contribution in [0.4, 0.5) is 0 Å². The maximum absolute atomic E-state index is 10.7. The molecule has 2 aromatic rings. The van der Waals surface area contributed by atoms with Crippen LogP contribution < -0.4 is 9.47 Å². The van der Waals surface area contributed by atoms with E-state index in [0.717, 1.165) is 11.9 Å². The normalized spacial score (nSPS) is 9.48. The van der Waals surface area contributed by atoms with Crippen molar-refractivity contribution in [3.8, 4) is 23.0 Å². The van der Waals surface area contributed by atoms with Crippen LogP contribution in [0.15, 0.2) is 42.0 Å². The first kappa shape index (κ1) is 21.8. The molecule has 0 saturated heterocycles. The van der Waals surface area contributed by atoms with E-state index < -0.39 is 0 Å². The number of aldehydes is 2. The zero-order valence-electron chi connectivity index (χ0n) is 15.9. The summed E-state index contributed by atoms with van der Waals surface area (Å²) in [4.78, 5) is 21.0. The maximum Gasteiger partial charge on any atom is 0.161 e. The number of hydrogen-bond acceptors (Lipinski definition) is 6. The summed E-state index contributed by atoms with van der Waals surface area (Å²) in [5.41, 5.74) is 2.85. The molecule has 0 fully saturated rings. The van der Waals surface area contributed by atoms with Gasteiger partial charge in [-0.2, -0.15) is 0 Å². The van der Waals surface area contributed by atoms with Gasteiger partial charge in [0, 0.05) is 16.7 Å². The lowest BCUT2D eigenvalue weighted by Gasteiger charge is -2.08. The van der Waals surface area contributed by atoms with Crippen molar-refractivity contribution < 1.29 is 29.3 Å². The summed E-state index contributed by atoms with van der Waals surface area (Å²) in [6.07, 6.45) is 4.02. The number of phenolic OH excluding ortho intramolecular Hbond substituents is 2. The summed E-state index contributed by atoms with van der Waals surface area (Å²) in [6, 6.07) is 7.61. The van der Waals surface area contributed by atoms with Crippen LogP contribution in [0, 0.1) is 0 Å². The molecular formula is C21H24O6. The van der Waals surface area contributed by atoms with E-state index in [1.165, 1.54) is 38.5 Å². The molecule has 0 aliphatic heterocycles. The van der Waals surface area contributed by atoms with Crippen molar-refractivity contribution in [2.75, 3.05) is 14.2 Å². The standard InChI is InChI=1S/C13H16O3.C8H8O3/c1-9(2)4-5-11-6-10(8-14)7-12(16-3)13(11)15;1-11-8-4-6(5-9)2-3-7(8)10/h4,6-8,15H,5H2,1-3H3;2-5,10H,1H3. The van der Waals surface area contributed by atoms with Crippen LogP contribution in [0.5, 0.6) is 23.0 Å². The quantitative estimate of drug-likeness (QED) is 0.589. The Morgan fingerprint density at radius 3 is 2.04 bits per heavy atom. The van der Waals surface area contributed by atoms with Gasteiger partial charge in [-0.25, -0.2) is 0 Å². The fraction of sp³-hybridized carbons (Fsp3) is 0.238. The molecule has 144 valence electrons. The predicted octanol–water partition coefficient (Wildman–Crippen LogP) is 3.94. The fourth-order valence-corrected chi connectivity index (χ4v) is 2.15. The molecule has 0 unspecified atom stereocenters. The molecule has 0 heterocycles. The summed E-state index contributed by atoms with van der Waals surface area (Å²) in [5.74, 6) is 0.792. The van der Waals surface area contributed by atoms with Crippen molar-refractivity contribution >= 4 is 12.6 Å². The highest BCUT2D eigenvalue weighted by Crippen LogP contribution is 2.31. The molecular weight excluding hydrogens is 348 g/mol. The highest BCUT2D eigenvalue weighted by Gasteiger charge is 2.09. The van der Waals surface area contributed by atoms with E-state index in [1.54, 1.807) is 6.07 Å². The van der Waals surface area contributed by atoms with Gasteiger partial charge in [-0.1, -0.05) is 11.6 Å². The van der Waals surface area contributed by atoms with Crippen LogP contribution >= 0.6 is 0 Å². The second-order valence-electron chi connectivity index (χ2n) is 5.88. The van der Waals surface area contributed by atoms with Crippen molar-refractivity contribution in [2.45, 2.75) is 20.3 Å². The molecule has 0 aromatic heterocycles. The van der Waals surface area contributed by atoms with E-state index in [-0.39, 0.29) is 11.5 Å². The lowest BCUT2D eigenvalue weighted by atomic mass is 10.1. The van der Waals surface area contributed by atoms with E-state index >= 15 is 0 Å². The molecule has 0 aliphatic carbocycles. The number of rotatable bonds is 6. The van der Waals surface area contributed by atoms with Gasteiger partial charge < -0.3 is 19.7 Å². The molecule has 0 radical (unpaired) electrons. The van der Waals surface area contributed by atoms with E-state index in [2.05, 4.69) is 0 Å². The minimum atomic E-state index is 0.0399. The minimum absolute atomic E-state index is 0.0399. The summed E-state index contributed by atoms with van der Waals surface area (Å²) in [7, 11) is 2.90. The van der Waals surface area contributed by atoms with Gasteiger partial charge in [0.1, 0.15) is 12.6 Å². The third-order valence-electron chi connectivity index (χ3n) is 3.60. The van der Waals surface area contributed by atoms with Crippen LogP contribution in [0.3, 0.4) is 0 Å².